The van der Waals surface area contributed by atoms with Crippen LogP contribution in [0.15, 0.2) is 24.3 Å². The summed E-state index contributed by atoms with van der Waals surface area (Å²) in [6.45, 7) is 8.84. The zero-order chi connectivity index (χ0) is 18.5. The van der Waals surface area contributed by atoms with Crippen molar-refractivity contribution < 1.29 is 9.53 Å². The molecule has 0 bridgehead atoms. The highest BCUT2D eigenvalue weighted by Crippen LogP contribution is 2.45. The number of rotatable bonds is 7. The fourth-order valence-electron chi connectivity index (χ4n) is 4.11. The Balaban J connectivity index is 2.13. The molecule has 0 spiro atoms. The summed E-state index contributed by atoms with van der Waals surface area (Å²) in [4.78, 5) is 14.8. The molecule has 1 atom stereocenters. The summed E-state index contributed by atoms with van der Waals surface area (Å²) in [5.74, 6) is 0.153. The second-order valence-corrected chi connectivity index (χ2v) is 8.31. The van der Waals surface area contributed by atoms with Gasteiger partial charge in [0.1, 0.15) is 0 Å². The molecule has 1 N–H and O–H groups in total. The molecule has 140 valence electrons. The second-order valence-electron chi connectivity index (χ2n) is 8.31. The van der Waals surface area contributed by atoms with Gasteiger partial charge in [0.25, 0.3) is 0 Å². The lowest BCUT2D eigenvalue weighted by Crippen LogP contribution is -2.47. The first-order valence-corrected chi connectivity index (χ1v) is 9.36. The number of aryl methyl sites for hydroxylation is 1. The van der Waals surface area contributed by atoms with Gasteiger partial charge in [-0.1, -0.05) is 24.3 Å². The standard InChI is InChI=1S/C21H34N2O2/c1-17-9-6-7-10-18(17)21(11-14-25-20(2,3)16-21)15-19(24)22-12-8-13-23(4)5/h6-7,9-10H,8,11-16H2,1-5H3,(H,22,24). The molecule has 0 aliphatic carbocycles. The fraction of sp³-hybridized carbons (Fsp3) is 0.667. The first kappa shape index (κ1) is 19.9. The highest BCUT2D eigenvalue weighted by Gasteiger charge is 2.44. The van der Waals surface area contributed by atoms with E-state index in [0.717, 1.165) is 32.4 Å². The van der Waals surface area contributed by atoms with E-state index < -0.39 is 0 Å². The topological polar surface area (TPSA) is 41.6 Å². The van der Waals surface area contributed by atoms with Gasteiger partial charge in [-0.25, -0.2) is 0 Å². The number of hydrogen-bond acceptors (Lipinski definition) is 3. The molecule has 1 amide bonds. The summed E-state index contributed by atoms with van der Waals surface area (Å²) in [5.41, 5.74) is 2.22. The van der Waals surface area contributed by atoms with Crippen LogP contribution in [0.1, 0.15) is 50.7 Å². The van der Waals surface area contributed by atoms with Gasteiger partial charge in [0.2, 0.25) is 5.91 Å². The summed E-state index contributed by atoms with van der Waals surface area (Å²) < 4.78 is 5.95. The van der Waals surface area contributed by atoms with Crippen molar-refractivity contribution in [1.82, 2.24) is 10.2 Å². The number of nitrogens with one attached hydrogen (secondary N) is 1. The van der Waals surface area contributed by atoms with Gasteiger partial charge in [0, 0.05) is 25.0 Å². The average Bonchev–Trinajstić information content (AvgIpc) is 2.50. The number of nitrogens with zero attached hydrogens (tertiary/aromatic N) is 1. The average molecular weight is 347 g/mol. The minimum Gasteiger partial charge on any atom is -0.376 e. The van der Waals surface area contributed by atoms with Gasteiger partial charge in [-0.05, 0) is 71.8 Å². The molecule has 1 aromatic carbocycles. The van der Waals surface area contributed by atoms with E-state index in [-0.39, 0.29) is 16.9 Å². The molecule has 1 aromatic rings. The lowest BCUT2D eigenvalue weighted by molar-refractivity contribution is -0.126. The van der Waals surface area contributed by atoms with Crippen molar-refractivity contribution in [3.05, 3.63) is 35.4 Å². The second kappa shape index (κ2) is 8.33. The summed E-state index contributed by atoms with van der Waals surface area (Å²) in [7, 11) is 4.11. The lowest BCUT2D eigenvalue weighted by Gasteiger charge is -2.45. The van der Waals surface area contributed by atoms with E-state index >= 15 is 0 Å². The number of ether oxygens (including phenoxy) is 1. The lowest BCUT2D eigenvalue weighted by atomic mass is 9.66. The number of hydrogen-bond donors (Lipinski definition) is 1. The van der Waals surface area contributed by atoms with Crippen molar-refractivity contribution in [3.8, 4) is 0 Å². The van der Waals surface area contributed by atoms with Gasteiger partial charge in [-0.15, -0.1) is 0 Å². The fourth-order valence-corrected chi connectivity index (χ4v) is 4.11. The quantitative estimate of drug-likeness (QED) is 0.771. The van der Waals surface area contributed by atoms with Crippen LogP contribution in [0.5, 0.6) is 0 Å². The number of benzene rings is 1. The van der Waals surface area contributed by atoms with Crippen molar-refractivity contribution in [1.29, 1.82) is 0 Å². The molecule has 0 radical (unpaired) electrons. The van der Waals surface area contributed by atoms with Crippen molar-refractivity contribution in [2.75, 3.05) is 33.8 Å². The van der Waals surface area contributed by atoms with E-state index in [2.05, 4.69) is 69.3 Å². The Morgan fingerprint density at radius 3 is 2.64 bits per heavy atom. The monoisotopic (exact) mass is 346 g/mol. The molecule has 4 nitrogen and oxygen atoms in total. The minimum atomic E-state index is -0.203. The van der Waals surface area contributed by atoms with Gasteiger partial charge >= 0.3 is 0 Å². The van der Waals surface area contributed by atoms with Gasteiger partial charge < -0.3 is 15.0 Å². The van der Waals surface area contributed by atoms with Crippen molar-refractivity contribution >= 4 is 5.91 Å². The normalized spacial score (nSPS) is 22.8. The molecule has 0 aromatic heterocycles. The van der Waals surface area contributed by atoms with Crippen molar-refractivity contribution in [2.45, 2.75) is 57.5 Å². The molecule has 2 rings (SSSR count). The maximum atomic E-state index is 12.7. The van der Waals surface area contributed by atoms with Gasteiger partial charge in [-0.2, -0.15) is 0 Å². The van der Waals surface area contributed by atoms with E-state index in [9.17, 15) is 4.79 Å². The Bertz CT molecular complexity index is 583. The summed E-state index contributed by atoms with van der Waals surface area (Å²) >= 11 is 0. The van der Waals surface area contributed by atoms with Crippen molar-refractivity contribution in [2.24, 2.45) is 0 Å². The molecule has 1 fully saturated rings. The summed E-state index contributed by atoms with van der Waals surface area (Å²) in [6.07, 6.45) is 3.28. The maximum absolute atomic E-state index is 12.7. The van der Waals surface area contributed by atoms with Crippen LogP contribution in [-0.2, 0) is 14.9 Å². The van der Waals surface area contributed by atoms with Crippen LogP contribution in [0.2, 0.25) is 0 Å². The molecule has 1 heterocycles. The van der Waals surface area contributed by atoms with E-state index in [4.69, 9.17) is 4.74 Å². The Morgan fingerprint density at radius 2 is 2.00 bits per heavy atom. The zero-order valence-corrected chi connectivity index (χ0v) is 16.5. The highest BCUT2D eigenvalue weighted by atomic mass is 16.5. The Hall–Kier alpha value is -1.39. The van der Waals surface area contributed by atoms with E-state index in [1.165, 1.54) is 11.1 Å². The van der Waals surface area contributed by atoms with Gasteiger partial charge in [0.05, 0.1) is 5.60 Å². The smallest absolute Gasteiger partial charge is 0.220 e. The van der Waals surface area contributed by atoms with Crippen LogP contribution in [0.4, 0.5) is 0 Å². The van der Waals surface area contributed by atoms with Crippen LogP contribution in [0.3, 0.4) is 0 Å². The van der Waals surface area contributed by atoms with Crippen LogP contribution in [0.25, 0.3) is 0 Å². The number of carbonyl (C=O) groups excluding carboxylic acids is 1. The van der Waals surface area contributed by atoms with Crippen LogP contribution >= 0.6 is 0 Å². The van der Waals surface area contributed by atoms with Crippen molar-refractivity contribution in [3.63, 3.8) is 0 Å². The Morgan fingerprint density at radius 1 is 1.28 bits per heavy atom. The van der Waals surface area contributed by atoms with Crippen LogP contribution in [0, 0.1) is 6.92 Å². The first-order valence-electron chi connectivity index (χ1n) is 9.36. The van der Waals surface area contributed by atoms with Crippen LogP contribution < -0.4 is 5.32 Å². The SMILES string of the molecule is Cc1ccccc1C1(CC(=O)NCCCN(C)C)CCOC(C)(C)C1. The molecule has 1 aliphatic rings. The highest BCUT2D eigenvalue weighted by molar-refractivity contribution is 5.77. The van der Waals surface area contributed by atoms with Gasteiger partial charge in [-0.3, -0.25) is 4.79 Å². The molecule has 0 saturated carbocycles. The number of carbonyl (C=O) groups is 1. The number of amides is 1. The summed E-state index contributed by atoms with van der Waals surface area (Å²) in [5, 5.41) is 3.12. The van der Waals surface area contributed by atoms with Crippen LogP contribution in [-0.4, -0.2) is 50.2 Å². The first-order chi connectivity index (χ1) is 11.7. The third-order valence-corrected chi connectivity index (χ3v) is 5.16. The van der Waals surface area contributed by atoms with Gasteiger partial charge in [0.15, 0.2) is 0 Å². The van der Waals surface area contributed by atoms with E-state index in [1.807, 2.05) is 0 Å². The zero-order valence-electron chi connectivity index (χ0n) is 16.5. The molecule has 1 aliphatic heterocycles. The molecular weight excluding hydrogens is 312 g/mol. The summed E-state index contributed by atoms with van der Waals surface area (Å²) in [6, 6.07) is 8.49. The molecular formula is C21H34N2O2. The Kier molecular flexibility index (Phi) is 6.64. The minimum absolute atomic E-state index is 0.140. The molecule has 25 heavy (non-hydrogen) atoms. The Labute approximate surface area is 152 Å². The predicted octanol–water partition coefficient (Wildman–Crippen LogP) is 3.28. The van der Waals surface area contributed by atoms with E-state index in [0.29, 0.717) is 13.0 Å². The molecule has 1 saturated heterocycles. The van der Waals surface area contributed by atoms with E-state index in [1.54, 1.807) is 0 Å². The molecule has 1 unspecified atom stereocenters. The largest absolute Gasteiger partial charge is 0.376 e. The third-order valence-electron chi connectivity index (χ3n) is 5.16. The third kappa shape index (κ3) is 5.55. The maximum Gasteiger partial charge on any atom is 0.220 e. The predicted molar refractivity (Wildman–Crippen MR) is 103 cm³/mol. The molecule has 4 heteroatoms.